The van der Waals surface area contributed by atoms with Gasteiger partial charge in [-0.2, -0.15) is 0 Å². The van der Waals surface area contributed by atoms with Gasteiger partial charge in [0.2, 0.25) is 11.8 Å². The monoisotopic (exact) mass is 503 g/mol. The molecule has 0 saturated carbocycles. The lowest BCUT2D eigenvalue weighted by Crippen LogP contribution is -2.51. The van der Waals surface area contributed by atoms with Gasteiger partial charge in [-0.25, -0.2) is 4.79 Å². The van der Waals surface area contributed by atoms with Crippen LogP contribution >= 0.6 is 0 Å². The van der Waals surface area contributed by atoms with Gasteiger partial charge in [-0.3, -0.25) is 43.5 Å². The molecule has 11 heteroatoms. The Kier molecular flexibility index (Phi) is 10.7. The summed E-state index contributed by atoms with van der Waals surface area (Å²) in [5, 5.41) is 9.68. The topological polar surface area (TPSA) is 149 Å². The Hall–Kier alpha value is -3.63. The first kappa shape index (κ1) is 28.6. The molecule has 196 valence electrons. The van der Waals surface area contributed by atoms with Crippen molar-refractivity contribution in [1.29, 1.82) is 0 Å². The molecule has 2 heterocycles. The molecule has 0 aromatic carbocycles. The standard InChI is InChI=1S/C25H33N3O8/c1-17(2)24(25(35)36)28(22(33)9-5-3-7-15-26-18(29)11-12-19(26)30)23(34)10-6-4-8-16-27-20(31)13-14-21(27)32/h11-14,17,24H,3-10,15-16H2,1-2H3,(H,35,36)/t24-/m0/s1. The molecule has 6 amide bonds. The van der Waals surface area contributed by atoms with Crippen LogP contribution in [-0.2, 0) is 33.6 Å². The first-order chi connectivity index (χ1) is 17.0. The number of nitrogens with zero attached hydrogens (tertiary/aromatic N) is 3. The molecule has 36 heavy (non-hydrogen) atoms. The maximum atomic E-state index is 12.9. The third kappa shape index (κ3) is 7.69. The van der Waals surface area contributed by atoms with Crippen molar-refractivity contribution in [2.24, 2.45) is 5.92 Å². The molecule has 2 aliphatic heterocycles. The zero-order valence-corrected chi connectivity index (χ0v) is 20.7. The fraction of sp³-hybridized carbons (Fsp3) is 0.560. The number of unbranched alkanes of at least 4 members (excludes halogenated alkanes) is 4. The van der Waals surface area contributed by atoms with E-state index in [0.29, 0.717) is 38.5 Å². The van der Waals surface area contributed by atoms with E-state index >= 15 is 0 Å². The maximum absolute atomic E-state index is 12.9. The quantitative estimate of drug-likeness (QED) is 0.260. The number of rotatable bonds is 15. The summed E-state index contributed by atoms with van der Waals surface area (Å²) in [6, 6.07) is -1.29. The minimum atomic E-state index is -1.29. The van der Waals surface area contributed by atoms with Gasteiger partial charge in [-0.15, -0.1) is 0 Å². The number of amides is 6. The highest BCUT2D eigenvalue weighted by atomic mass is 16.4. The number of hydrogen-bond acceptors (Lipinski definition) is 7. The van der Waals surface area contributed by atoms with Crippen LogP contribution in [-0.4, -0.2) is 80.3 Å². The maximum Gasteiger partial charge on any atom is 0.327 e. The second-order valence-electron chi connectivity index (χ2n) is 9.13. The normalized spacial score (nSPS) is 16.0. The molecule has 2 aliphatic rings. The van der Waals surface area contributed by atoms with Crippen molar-refractivity contribution in [3.8, 4) is 0 Å². The summed E-state index contributed by atoms with van der Waals surface area (Å²) < 4.78 is 0. The van der Waals surface area contributed by atoms with Crippen molar-refractivity contribution >= 4 is 41.4 Å². The van der Waals surface area contributed by atoms with Crippen LogP contribution in [0.3, 0.4) is 0 Å². The number of aliphatic carboxylic acids is 1. The summed E-state index contributed by atoms with van der Waals surface area (Å²) in [5.41, 5.74) is 0. The van der Waals surface area contributed by atoms with Gasteiger partial charge in [-0.1, -0.05) is 26.7 Å². The minimum absolute atomic E-state index is 0.0332. The van der Waals surface area contributed by atoms with Gasteiger partial charge in [0.15, 0.2) is 0 Å². The Balaban J connectivity index is 1.84. The van der Waals surface area contributed by atoms with E-state index in [4.69, 9.17) is 0 Å². The smallest absolute Gasteiger partial charge is 0.327 e. The van der Waals surface area contributed by atoms with Crippen LogP contribution in [0.2, 0.25) is 0 Å². The molecule has 0 fully saturated rings. The number of carboxylic acid groups (broad SMARTS) is 1. The Morgan fingerprint density at radius 1 is 0.694 bits per heavy atom. The molecule has 0 aromatic rings. The molecule has 2 rings (SSSR count). The van der Waals surface area contributed by atoms with Crippen LogP contribution in [0.15, 0.2) is 24.3 Å². The number of imide groups is 3. The molecule has 0 spiro atoms. The predicted molar refractivity (Wildman–Crippen MR) is 127 cm³/mol. The number of carboxylic acids is 1. The second kappa shape index (κ2) is 13.5. The van der Waals surface area contributed by atoms with Gasteiger partial charge in [0, 0.05) is 50.2 Å². The van der Waals surface area contributed by atoms with Crippen molar-refractivity contribution in [2.45, 2.75) is 71.3 Å². The molecule has 1 N–H and O–H groups in total. The van der Waals surface area contributed by atoms with Gasteiger partial charge >= 0.3 is 5.97 Å². The Labute approximate surface area is 209 Å². The highest BCUT2D eigenvalue weighted by molar-refractivity contribution is 6.13. The van der Waals surface area contributed by atoms with E-state index < -0.39 is 29.7 Å². The highest BCUT2D eigenvalue weighted by Gasteiger charge is 2.36. The lowest BCUT2D eigenvalue weighted by atomic mass is 10.0. The molecule has 0 unspecified atom stereocenters. The summed E-state index contributed by atoms with van der Waals surface area (Å²) in [4.78, 5) is 87.1. The van der Waals surface area contributed by atoms with Gasteiger partial charge in [0.1, 0.15) is 6.04 Å². The van der Waals surface area contributed by atoms with Crippen molar-refractivity contribution in [3.63, 3.8) is 0 Å². The molecule has 0 aliphatic carbocycles. The lowest BCUT2D eigenvalue weighted by Gasteiger charge is -2.30. The first-order valence-corrected chi connectivity index (χ1v) is 12.2. The number of hydrogen-bond donors (Lipinski definition) is 1. The Morgan fingerprint density at radius 3 is 1.36 bits per heavy atom. The third-order valence-corrected chi connectivity index (χ3v) is 6.05. The molecule has 11 nitrogen and oxygen atoms in total. The minimum Gasteiger partial charge on any atom is -0.480 e. The zero-order chi connectivity index (χ0) is 26.8. The van der Waals surface area contributed by atoms with Crippen LogP contribution in [0.1, 0.15) is 65.2 Å². The van der Waals surface area contributed by atoms with Crippen molar-refractivity contribution < 1.29 is 38.7 Å². The summed E-state index contributed by atoms with van der Waals surface area (Å²) in [6.07, 6.45) is 7.53. The van der Waals surface area contributed by atoms with Crippen molar-refractivity contribution in [2.75, 3.05) is 13.1 Å². The van der Waals surface area contributed by atoms with Crippen molar-refractivity contribution in [1.82, 2.24) is 14.7 Å². The van der Waals surface area contributed by atoms with Crippen molar-refractivity contribution in [3.05, 3.63) is 24.3 Å². The van der Waals surface area contributed by atoms with Gasteiger partial charge < -0.3 is 5.11 Å². The third-order valence-electron chi connectivity index (χ3n) is 6.05. The van der Waals surface area contributed by atoms with E-state index in [1.54, 1.807) is 13.8 Å². The summed E-state index contributed by atoms with van der Waals surface area (Å²) in [5.74, 6) is -4.38. The predicted octanol–water partition coefficient (Wildman–Crippen LogP) is 1.42. The molecular formula is C25H33N3O8. The number of carbonyl (C=O) groups is 7. The summed E-state index contributed by atoms with van der Waals surface area (Å²) in [7, 11) is 0. The molecular weight excluding hydrogens is 470 g/mol. The number of carbonyl (C=O) groups excluding carboxylic acids is 6. The Morgan fingerprint density at radius 2 is 1.06 bits per heavy atom. The van der Waals surface area contributed by atoms with E-state index in [1.165, 1.54) is 24.3 Å². The Bertz CT molecular complexity index is 868. The fourth-order valence-corrected chi connectivity index (χ4v) is 4.13. The van der Waals surface area contributed by atoms with Crippen LogP contribution in [0, 0.1) is 5.92 Å². The SMILES string of the molecule is CC(C)[C@@H](C(=O)O)N(C(=O)CCCCCN1C(=O)C=CC1=O)C(=O)CCCCCN1C(=O)C=CC1=O. The van der Waals surface area contributed by atoms with Crippen LogP contribution in [0.4, 0.5) is 0 Å². The van der Waals surface area contributed by atoms with E-state index in [9.17, 15) is 38.7 Å². The second-order valence-corrected chi connectivity index (χ2v) is 9.13. The largest absolute Gasteiger partial charge is 0.480 e. The molecule has 1 atom stereocenters. The average molecular weight is 504 g/mol. The van der Waals surface area contributed by atoms with E-state index in [1.807, 2.05) is 0 Å². The van der Waals surface area contributed by atoms with E-state index in [0.717, 1.165) is 14.7 Å². The van der Waals surface area contributed by atoms with E-state index in [-0.39, 0.29) is 49.6 Å². The summed E-state index contributed by atoms with van der Waals surface area (Å²) in [6.45, 7) is 3.72. The van der Waals surface area contributed by atoms with Crippen LogP contribution in [0.25, 0.3) is 0 Å². The average Bonchev–Trinajstić information content (AvgIpc) is 3.30. The molecule has 0 radical (unpaired) electrons. The molecule has 0 saturated heterocycles. The molecule has 0 bridgehead atoms. The fourth-order valence-electron chi connectivity index (χ4n) is 4.13. The zero-order valence-electron chi connectivity index (χ0n) is 20.7. The van der Waals surface area contributed by atoms with E-state index in [2.05, 4.69) is 0 Å². The van der Waals surface area contributed by atoms with Crippen LogP contribution < -0.4 is 0 Å². The first-order valence-electron chi connectivity index (χ1n) is 12.2. The van der Waals surface area contributed by atoms with Crippen LogP contribution in [0.5, 0.6) is 0 Å². The lowest BCUT2D eigenvalue weighted by molar-refractivity contribution is -0.160. The highest BCUT2D eigenvalue weighted by Crippen LogP contribution is 2.18. The van der Waals surface area contributed by atoms with Gasteiger partial charge in [-0.05, 0) is 31.6 Å². The van der Waals surface area contributed by atoms with Gasteiger partial charge in [0.05, 0.1) is 0 Å². The van der Waals surface area contributed by atoms with Gasteiger partial charge in [0.25, 0.3) is 23.6 Å². The molecule has 0 aromatic heterocycles. The summed E-state index contributed by atoms with van der Waals surface area (Å²) >= 11 is 0.